The van der Waals surface area contributed by atoms with Crippen LogP contribution in [0.5, 0.6) is 0 Å². The Balaban J connectivity index is 1.65. The molecule has 0 saturated carbocycles. The maximum Gasteiger partial charge on any atom is 0.255 e. The van der Waals surface area contributed by atoms with Crippen LogP contribution in [0.4, 0.5) is 5.69 Å². The molecular formula is C20H15N3O. The molecular weight excluding hydrogens is 298 g/mol. The van der Waals surface area contributed by atoms with Crippen LogP contribution in [-0.2, 0) is 6.42 Å². The fraction of sp³-hybridized carbons (Fsp3) is 0.0500. The largest absolute Gasteiger partial charge is 0.322 e. The Hall–Kier alpha value is -3.45. The van der Waals surface area contributed by atoms with Gasteiger partial charge in [-0.2, -0.15) is 5.26 Å². The number of anilines is 1. The van der Waals surface area contributed by atoms with Crippen molar-refractivity contribution < 1.29 is 4.79 Å². The molecule has 0 spiro atoms. The molecule has 0 radical (unpaired) electrons. The summed E-state index contributed by atoms with van der Waals surface area (Å²) in [6.45, 7) is 0. The zero-order valence-electron chi connectivity index (χ0n) is 12.9. The fourth-order valence-electron chi connectivity index (χ4n) is 2.34. The van der Waals surface area contributed by atoms with Gasteiger partial charge in [-0.1, -0.05) is 12.1 Å². The first-order valence-electron chi connectivity index (χ1n) is 7.54. The van der Waals surface area contributed by atoms with Gasteiger partial charge < -0.3 is 5.32 Å². The number of aromatic nitrogens is 1. The Bertz CT molecular complexity index is 864. The zero-order valence-corrected chi connectivity index (χ0v) is 12.9. The molecule has 0 aliphatic heterocycles. The lowest BCUT2D eigenvalue weighted by Crippen LogP contribution is -2.11. The Morgan fingerprint density at radius 3 is 2.17 bits per heavy atom. The van der Waals surface area contributed by atoms with Gasteiger partial charge in [0.15, 0.2) is 0 Å². The Morgan fingerprint density at radius 2 is 1.54 bits per heavy atom. The number of benzene rings is 2. The average Bonchev–Trinajstić information content (AvgIpc) is 2.64. The number of hydrogen-bond acceptors (Lipinski definition) is 3. The minimum atomic E-state index is -0.193. The van der Waals surface area contributed by atoms with Crippen molar-refractivity contribution in [1.82, 2.24) is 4.98 Å². The van der Waals surface area contributed by atoms with Gasteiger partial charge in [0.1, 0.15) is 0 Å². The monoisotopic (exact) mass is 313 g/mol. The summed E-state index contributed by atoms with van der Waals surface area (Å²) in [5.41, 5.74) is 4.15. The van der Waals surface area contributed by atoms with E-state index in [4.69, 9.17) is 5.26 Å². The summed E-state index contributed by atoms with van der Waals surface area (Å²) in [7, 11) is 0. The molecule has 2 aromatic carbocycles. The molecule has 4 nitrogen and oxygen atoms in total. The lowest BCUT2D eigenvalue weighted by atomic mass is 10.1. The van der Waals surface area contributed by atoms with Crippen molar-refractivity contribution >= 4 is 11.6 Å². The molecule has 0 unspecified atom stereocenters. The van der Waals surface area contributed by atoms with Gasteiger partial charge in [-0.25, -0.2) is 0 Å². The number of nitrogens with one attached hydrogen (secondary N) is 1. The van der Waals surface area contributed by atoms with Crippen LogP contribution in [0.25, 0.3) is 0 Å². The van der Waals surface area contributed by atoms with Crippen molar-refractivity contribution in [3.8, 4) is 6.07 Å². The van der Waals surface area contributed by atoms with E-state index in [0.29, 0.717) is 11.1 Å². The molecule has 3 aromatic rings. The highest BCUT2D eigenvalue weighted by Gasteiger charge is 2.06. The van der Waals surface area contributed by atoms with Crippen LogP contribution in [0, 0.1) is 11.3 Å². The van der Waals surface area contributed by atoms with Gasteiger partial charge in [-0.15, -0.1) is 0 Å². The van der Waals surface area contributed by atoms with E-state index in [1.165, 1.54) is 5.56 Å². The average molecular weight is 313 g/mol. The summed E-state index contributed by atoms with van der Waals surface area (Å²) in [5, 5.41) is 11.6. The van der Waals surface area contributed by atoms with Crippen molar-refractivity contribution in [1.29, 1.82) is 5.26 Å². The van der Waals surface area contributed by atoms with Crippen LogP contribution >= 0.6 is 0 Å². The maximum absolute atomic E-state index is 12.2. The third-order valence-corrected chi connectivity index (χ3v) is 3.65. The summed E-state index contributed by atoms with van der Waals surface area (Å²) in [6.07, 6.45) is 4.38. The summed E-state index contributed by atoms with van der Waals surface area (Å²) in [6, 6.07) is 20.3. The number of nitriles is 1. The molecule has 0 fully saturated rings. The number of pyridine rings is 1. The molecule has 1 amide bonds. The second kappa shape index (κ2) is 7.21. The van der Waals surface area contributed by atoms with E-state index in [2.05, 4.69) is 10.3 Å². The fourth-order valence-corrected chi connectivity index (χ4v) is 2.34. The maximum atomic E-state index is 12.2. The molecule has 0 bridgehead atoms. The van der Waals surface area contributed by atoms with Gasteiger partial charge in [0.2, 0.25) is 0 Å². The summed E-state index contributed by atoms with van der Waals surface area (Å²) >= 11 is 0. The molecule has 0 aliphatic carbocycles. The molecule has 0 saturated heterocycles. The summed E-state index contributed by atoms with van der Waals surface area (Å²) < 4.78 is 0. The summed E-state index contributed by atoms with van der Waals surface area (Å²) in [5.74, 6) is -0.193. The van der Waals surface area contributed by atoms with Gasteiger partial charge in [-0.05, 0) is 66.1 Å². The minimum Gasteiger partial charge on any atom is -0.322 e. The molecule has 116 valence electrons. The van der Waals surface area contributed by atoms with E-state index >= 15 is 0 Å². The van der Waals surface area contributed by atoms with E-state index < -0.39 is 0 Å². The molecule has 1 N–H and O–H groups in total. The Kier molecular flexibility index (Phi) is 4.64. The van der Waals surface area contributed by atoms with Crippen LogP contribution < -0.4 is 5.32 Å². The number of rotatable bonds is 4. The second-order valence-corrected chi connectivity index (χ2v) is 5.37. The topological polar surface area (TPSA) is 65.8 Å². The molecule has 24 heavy (non-hydrogen) atoms. The van der Waals surface area contributed by atoms with E-state index in [1.807, 2.05) is 42.5 Å². The van der Waals surface area contributed by atoms with E-state index in [0.717, 1.165) is 17.7 Å². The molecule has 3 rings (SSSR count). The first-order valence-corrected chi connectivity index (χ1v) is 7.54. The first-order chi connectivity index (χ1) is 11.7. The SMILES string of the molecule is N#Cc1ccc(C(=O)Nc2ccc(Cc3ccncc3)cc2)cc1. The highest BCUT2D eigenvalue weighted by atomic mass is 16.1. The number of hydrogen-bond donors (Lipinski definition) is 1. The van der Waals surface area contributed by atoms with E-state index in [1.54, 1.807) is 36.7 Å². The molecule has 0 atom stereocenters. The Morgan fingerprint density at radius 1 is 0.917 bits per heavy atom. The van der Waals surface area contributed by atoms with Crippen molar-refractivity contribution in [3.63, 3.8) is 0 Å². The first kappa shape index (κ1) is 15.4. The van der Waals surface area contributed by atoms with Gasteiger partial charge in [0.05, 0.1) is 11.6 Å². The molecule has 1 aromatic heterocycles. The lowest BCUT2D eigenvalue weighted by molar-refractivity contribution is 0.102. The van der Waals surface area contributed by atoms with Crippen LogP contribution in [0.1, 0.15) is 27.0 Å². The zero-order chi connectivity index (χ0) is 16.8. The normalized spacial score (nSPS) is 9.96. The molecule has 0 aliphatic rings. The third-order valence-electron chi connectivity index (χ3n) is 3.65. The smallest absolute Gasteiger partial charge is 0.255 e. The van der Waals surface area contributed by atoms with Crippen molar-refractivity contribution in [2.24, 2.45) is 0 Å². The predicted octanol–water partition coefficient (Wildman–Crippen LogP) is 3.80. The van der Waals surface area contributed by atoms with Crippen molar-refractivity contribution in [3.05, 3.63) is 95.3 Å². The van der Waals surface area contributed by atoms with Crippen molar-refractivity contribution in [2.45, 2.75) is 6.42 Å². The summed E-state index contributed by atoms with van der Waals surface area (Å²) in [4.78, 5) is 16.2. The van der Waals surface area contributed by atoms with Gasteiger partial charge in [0, 0.05) is 23.6 Å². The predicted molar refractivity (Wildman–Crippen MR) is 92.6 cm³/mol. The third kappa shape index (κ3) is 3.84. The second-order valence-electron chi connectivity index (χ2n) is 5.37. The van der Waals surface area contributed by atoms with Crippen LogP contribution in [0.2, 0.25) is 0 Å². The van der Waals surface area contributed by atoms with Crippen LogP contribution in [0.3, 0.4) is 0 Å². The minimum absolute atomic E-state index is 0.193. The molecule has 4 heteroatoms. The van der Waals surface area contributed by atoms with Crippen LogP contribution in [0.15, 0.2) is 73.1 Å². The van der Waals surface area contributed by atoms with E-state index in [-0.39, 0.29) is 5.91 Å². The van der Waals surface area contributed by atoms with E-state index in [9.17, 15) is 4.79 Å². The number of carbonyl (C=O) groups is 1. The highest BCUT2D eigenvalue weighted by molar-refractivity contribution is 6.04. The van der Waals surface area contributed by atoms with Crippen molar-refractivity contribution in [2.75, 3.05) is 5.32 Å². The van der Waals surface area contributed by atoms with Crippen LogP contribution in [-0.4, -0.2) is 10.9 Å². The molecule has 1 heterocycles. The van der Waals surface area contributed by atoms with Gasteiger partial charge >= 0.3 is 0 Å². The number of nitrogens with zero attached hydrogens (tertiary/aromatic N) is 2. The number of amides is 1. The quantitative estimate of drug-likeness (QED) is 0.797. The number of carbonyl (C=O) groups excluding carboxylic acids is 1. The Labute approximate surface area is 140 Å². The van der Waals surface area contributed by atoms with Gasteiger partial charge in [-0.3, -0.25) is 9.78 Å². The standard InChI is InChI=1S/C20H15N3O/c21-14-17-1-5-18(6-2-17)20(24)23-19-7-3-15(4-8-19)13-16-9-11-22-12-10-16/h1-12H,13H2,(H,23,24). The van der Waals surface area contributed by atoms with Gasteiger partial charge in [0.25, 0.3) is 5.91 Å². The lowest BCUT2D eigenvalue weighted by Gasteiger charge is -2.07. The highest BCUT2D eigenvalue weighted by Crippen LogP contribution is 2.14.